The van der Waals surface area contributed by atoms with Crippen LogP contribution in [0, 0.1) is 0 Å². The Bertz CT molecular complexity index is 646. The smallest absolute Gasteiger partial charge is 0.230 e. The molecule has 16 heavy (non-hydrogen) atoms. The molecule has 2 N–H and O–H groups in total. The third kappa shape index (κ3) is 2.01. The highest BCUT2D eigenvalue weighted by Gasteiger charge is 2.10. The maximum absolute atomic E-state index is 11.0. The van der Waals surface area contributed by atoms with Crippen LogP contribution >= 0.6 is 0 Å². The number of aromatic amines is 1. The second-order valence-electron chi connectivity index (χ2n) is 3.18. The van der Waals surface area contributed by atoms with Crippen molar-refractivity contribution in [1.82, 2.24) is 15.0 Å². The monoisotopic (exact) mass is 240 g/mol. The van der Waals surface area contributed by atoms with Gasteiger partial charge in [0.05, 0.1) is 18.1 Å². The summed E-state index contributed by atoms with van der Waals surface area (Å²) in [6.07, 6.45) is 2.94. The zero-order valence-electron chi connectivity index (χ0n) is 8.26. The van der Waals surface area contributed by atoms with Crippen molar-refractivity contribution in [3.63, 3.8) is 0 Å². The van der Waals surface area contributed by atoms with E-state index in [9.17, 15) is 13.2 Å². The number of pyridine rings is 1. The highest BCUT2D eigenvalue weighted by atomic mass is 32.2. The van der Waals surface area contributed by atoms with Crippen molar-refractivity contribution >= 4 is 33.2 Å². The van der Waals surface area contributed by atoms with Crippen molar-refractivity contribution in [3.05, 3.63) is 18.1 Å². The maximum atomic E-state index is 11.0. The lowest BCUT2D eigenvalue weighted by atomic mass is 10.3. The van der Waals surface area contributed by atoms with Gasteiger partial charge in [-0.1, -0.05) is 0 Å². The first-order chi connectivity index (χ1) is 7.49. The number of rotatable bonds is 3. The van der Waals surface area contributed by atoms with E-state index in [4.69, 9.17) is 0 Å². The van der Waals surface area contributed by atoms with E-state index in [0.29, 0.717) is 17.3 Å². The SMILES string of the molecule is CS(=O)(=O)Nc1cc2[nH]cnc2c(C=O)n1. The highest BCUT2D eigenvalue weighted by molar-refractivity contribution is 7.92. The van der Waals surface area contributed by atoms with Gasteiger partial charge in [-0.15, -0.1) is 0 Å². The summed E-state index contributed by atoms with van der Waals surface area (Å²) in [6, 6.07) is 1.47. The first-order valence-corrected chi connectivity index (χ1v) is 6.16. The number of anilines is 1. The number of nitrogens with one attached hydrogen (secondary N) is 2. The molecule has 2 rings (SSSR count). The molecule has 0 amide bonds. The van der Waals surface area contributed by atoms with Gasteiger partial charge in [0.1, 0.15) is 17.0 Å². The molecule has 84 valence electrons. The van der Waals surface area contributed by atoms with Crippen LogP contribution in [0.4, 0.5) is 5.82 Å². The van der Waals surface area contributed by atoms with Gasteiger partial charge in [-0.05, 0) is 0 Å². The van der Waals surface area contributed by atoms with Gasteiger partial charge >= 0.3 is 0 Å². The number of aromatic nitrogens is 3. The van der Waals surface area contributed by atoms with Gasteiger partial charge in [0, 0.05) is 6.07 Å². The Hall–Kier alpha value is -1.96. The molecule has 0 aliphatic carbocycles. The Morgan fingerprint density at radius 3 is 2.88 bits per heavy atom. The van der Waals surface area contributed by atoms with Crippen LogP contribution in [0.1, 0.15) is 10.5 Å². The third-order valence-electron chi connectivity index (χ3n) is 1.83. The summed E-state index contributed by atoms with van der Waals surface area (Å²) in [7, 11) is -3.42. The quantitative estimate of drug-likeness (QED) is 0.742. The molecular formula is C8H8N4O3S. The van der Waals surface area contributed by atoms with Crippen LogP contribution in [0.15, 0.2) is 12.4 Å². The second-order valence-corrected chi connectivity index (χ2v) is 4.93. The van der Waals surface area contributed by atoms with E-state index in [-0.39, 0.29) is 11.5 Å². The Balaban J connectivity index is 2.60. The first-order valence-electron chi connectivity index (χ1n) is 4.27. The maximum Gasteiger partial charge on any atom is 0.230 e. The second kappa shape index (κ2) is 3.56. The molecular weight excluding hydrogens is 232 g/mol. The van der Waals surface area contributed by atoms with Gasteiger partial charge in [-0.3, -0.25) is 9.52 Å². The molecule has 2 aromatic heterocycles. The van der Waals surface area contributed by atoms with Gasteiger partial charge in [0.2, 0.25) is 10.0 Å². The van der Waals surface area contributed by atoms with Crippen LogP contribution < -0.4 is 4.72 Å². The van der Waals surface area contributed by atoms with Crippen LogP contribution in [0.2, 0.25) is 0 Å². The average molecular weight is 240 g/mol. The fourth-order valence-electron chi connectivity index (χ4n) is 1.29. The van der Waals surface area contributed by atoms with E-state index >= 15 is 0 Å². The molecule has 0 atom stereocenters. The molecule has 0 saturated heterocycles. The van der Waals surface area contributed by atoms with E-state index in [1.807, 2.05) is 0 Å². The lowest BCUT2D eigenvalue weighted by molar-refractivity contribution is 0.112. The number of imidazole rings is 1. The van der Waals surface area contributed by atoms with Crippen LogP contribution in [0.25, 0.3) is 11.0 Å². The van der Waals surface area contributed by atoms with Crippen LogP contribution in [0.3, 0.4) is 0 Å². The zero-order chi connectivity index (χ0) is 11.8. The third-order valence-corrected chi connectivity index (χ3v) is 2.41. The minimum absolute atomic E-state index is 0.0846. The molecule has 8 heteroatoms. The molecule has 0 spiro atoms. The normalized spacial score (nSPS) is 11.6. The van der Waals surface area contributed by atoms with Gasteiger partial charge < -0.3 is 4.98 Å². The molecule has 2 aromatic rings. The molecule has 0 bridgehead atoms. The van der Waals surface area contributed by atoms with E-state index in [1.165, 1.54) is 12.4 Å². The fourth-order valence-corrected chi connectivity index (χ4v) is 1.78. The van der Waals surface area contributed by atoms with Crippen LogP contribution in [-0.2, 0) is 10.0 Å². The van der Waals surface area contributed by atoms with E-state index in [0.717, 1.165) is 6.26 Å². The fraction of sp³-hybridized carbons (Fsp3) is 0.125. The molecule has 0 fully saturated rings. The van der Waals surface area contributed by atoms with Gasteiger partial charge in [-0.2, -0.15) is 0 Å². The molecule has 0 radical (unpaired) electrons. The van der Waals surface area contributed by atoms with Crippen molar-refractivity contribution in [3.8, 4) is 0 Å². The number of carbonyl (C=O) groups excluding carboxylic acids is 1. The largest absolute Gasteiger partial charge is 0.344 e. The number of hydrogen-bond acceptors (Lipinski definition) is 5. The summed E-state index contributed by atoms with van der Waals surface area (Å²) in [5.74, 6) is 0.0846. The number of sulfonamides is 1. The standard InChI is InChI=1S/C8H8N4O3S/c1-16(14,15)12-7-2-5-8(10-4-9-5)6(3-13)11-7/h2-4H,1H3,(H,9,10)(H,11,12). The summed E-state index contributed by atoms with van der Waals surface area (Å²) in [4.78, 5) is 21.3. The van der Waals surface area contributed by atoms with Crippen molar-refractivity contribution < 1.29 is 13.2 Å². The zero-order valence-corrected chi connectivity index (χ0v) is 9.08. The molecule has 0 unspecified atom stereocenters. The Morgan fingerprint density at radius 1 is 1.50 bits per heavy atom. The number of fused-ring (bicyclic) bond motifs is 1. The Morgan fingerprint density at radius 2 is 2.25 bits per heavy atom. The predicted octanol–water partition coefficient (Wildman–Crippen LogP) is 0.142. The van der Waals surface area contributed by atoms with E-state index in [1.54, 1.807) is 0 Å². The summed E-state index contributed by atoms with van der Waals surface area (Å²) >= 11 is 0. The molecule has 0 saturated carbocycles. The molecule has 2 heterocycles. The van der Waals surface area contributed by atoms with Crippen molar-refractivity contribution in [2.24, 2.45) is 0 Å². The topological polar surface area (TPSA) is 105 Å². The summed E-state index contributed by atoms with van der Waals surface area (Å²) in [5.41, 5.74) is 1.04. The van der Waals surface area contributed by atoms with Crippen molar-refractivity contribution in [1.29, 1.82) is 0 Å². The minimum Gasteiger partial charge on any atom is -0.344 e. The van der Waals surface area contributed by atoms with Crippen LogP contribution in [-0.4, -0.2) is 35.9 Å². The number of H-pyrrole nitrogens is 1. The first kappa shape index (κ1) is 10.6. The average Bonchev–Trinajstić information content (AvgIpc) is 2.61. The Labute approximate surface area is 91.0 Å². The highest BCUT2D eigenvalue weighted by Crippen LogP contribution is 2.16. The van der Waals surface area contributed by atoms with Gasteiger partial charge in [0.15, 0.2) is 6.29 Å². The summed E-state index contributed by atoms with van der Waals surface area (Å²) in [6.45, 7) is 0. The number of aldehydes is 1. The molecule has 7 nitrogen and oxygen atoms in total. The number of hydrogen-bond donors (Lipinski definition) is 2. The van der Waals surface area contributed by atoms with Crippen LogP contribution in [0.5, 0.6) is 0 Å². The summed E-state index contributed by atoms with van der Waals surface area (Å²) < 4.78 is 24.2. The predicted molar refractivity (Wildman–Crippen MR) is 57.7 cm³/mol. The summed E-state index contributed by atoms with van der Waals surface area (Å²) in [5, 5.41) is 0. The molecule has 0 aliphatic rings. The molecule has 0 aromatic carbocycles. The van der Waals surface area contributed by atoms with E-state index in [2.05, 4.69) is 19.7 Å². The lowest BCUT2D eigenvalue weighted by Gasteiger charge is -2.03. The van der Waals surface area contributed by atoms with Gasteiger partial charge in [-0.25, -0.2) is 18.4 Å². The lowest BCUT2D eigenvalue weighted by Crippen LogP contribution is -2.11. The number of carbonyl (C=O) groups is 1. The minimum atomic E-state index is -3.42. The number of nitrogens with zero attached hydrogens (tertiary/aromatic N) is 2. The van der Waals surface area contributed by atoms with Gasteiger partial charge in [0.25, 0.3) is 0 Å². The van der Waals surface area contributed by atoms with E-state index < -0.39 is 10.0 Å². The molecule has 0 aliphatic heterocycles. The Kier molecular flexibility index (Phi) is 2.35. The van der Waals surface area contributed by atoms with Crippen molar-refractivity contribution in [2.75, 3.05) is 11.0 Å². The van der Waals surface area contributed by atoms with Crippen molar-refractivity contribution in [2.45, 2.75) is 0 Å².